The second-order valence-corrected chi connectivity index (χ2v) is 5.76. The Hall–Kier alpha value is -1.60. The van der Waals surface area contributed by atoms with Crippen molar-refractivity contribution in [3.63, 3.8) is 0 Å². The first kappa shape index (κ1) is 19.7. The molecule has 0 aliphatic rings. The highest BCUT2D eigenvalue weighted by Gasteiger charge is 2.28. The second-order valence-electron chi connectivity index (χ2n) is 4.91. The van der Waals surface area contributed by atoms with E-state index in [4.69, 9.17) is 37.4 Å². The summed E-state index contributed by atoms with van der Waals surface area (Å²) in [5.41, 5.74) is 1.24. The molecule has 0 aliphatic carbocycles. The molecule has 0 unspecified atom stereocenters. The van der Waals surface area contributed by atoms with Crippen molar-refractivity contribution in [1.82, 2.24) is 9.78 Å². The summed E-state index contributed by atoms with van der Waals surface area (Å²) in [7, 11) is 0. The summed E-state index contributed by atoms with van der Waals surface area (Å²) in [5, 5.41) is 5.18. The predicted octanol–water partition coefficient (Wildman–Crippen LogP) is 4.43. The average molecular weight is 387 g/mol. The SMILES string of the molecule is CCOC(=O)c1cnn(-c2ccc(Cl)cc2Cl)c1C(OCC)OCC. The molecule has 0 bridgehead atoms. The van der Waals surface area contributed by atoms with Crippen LogP contribution < -0.4 is 0 Å². The Bertz CT molecular complexity index is 727. The Morgan fingerprint density at radius 2 is 1.84 bits per heavy atom. The van der Waals surface area contributed by atoms with Crippen molar-refractivity contribution < 1.29 is 19.0 Å². The second kappa shape index (κ2) is 9.20. The third kappa shape index (κ3) is 4.52. The van der Waals surface area contributed by atoms with Gasteiger partial charge in [-0.3, -0.25) is 0 Å². The van der Waals surface area contributed by atoms with E-state index in [1.807, 2.05) is 13.8 Å². The fraction of sp³-hybridized carbons (Fsp3) is 0.412. The molecule has 1 heterocycles. The molecule has 136 valence electrons. The van der Waals surface area contributed by atoms with E-state index in [0.29, 0.717) is 34.6 Å². The smallest absolute Gasteiger partial charge is 0.341 e. The van der Waals surface area contributed by atoms with Crippen LogP contribution in [0.1, 0.15) is 43.1 Å². The zero-order valence-electron chi connectivity index (χ0n) is 14.3. The first-order valence-electron chi connectivity index (χ1n) is 7.97. The number of hydrogen-bond acceptors (Lipinski definition) is 5. The van der Waals surface area contributed by atoms with Crippen molar-refractivity contribution >= 4 is 29.2 Å². The standard InChI is InChI=1S/C17H20Cl2N2O4/c1-4-23-16(22)12-10-20-21(14-8-7-11(18)9-13(14)19)15(12)17(24-5-2)25-6-3/h7-10,17H,4-6H2,1-3H3. The van der Waals surface area contributed by atoms with Crippen LogP contribution in [0, 0.1) is 0 Å². The van der Waals surface area contributed by atoms with E-state index in [1.54, 1.807) is 25.1 Å². The Morgan fingerprint density at radius 1 is 1.16 bits per heavy atom. The van der Waals surface area contributed by atoms with E-state index in [1.165, 1.54) is 10.9 Å². The number of carbonyl (C=O) groups excluding carboxylic acids is 1. The molecular formula is C17H20Cl2N2O4. The third-order valence-electron chi connectivity index (χ3n) is 3.30. The molecule has 1 aromatic carbocycles. The molecule has 2 rings (SSSR count). The van der Waals surface area contributed by atoms with E-state index in [2.05, 4.69) is 5.10 Å². The van der Waals surface area contributed by atoms with Crippen LogP contribution in [0.2, 0.25) is 10.0 Å². The highest BCUT2D eigenvalue weighted by molar-refractivity contribution is 6.35. The molecule has 0 radical (unpaired) electrons. The summed E-state index contributed by atoms with van der Waals surface area (Å²) in [5.74, 6) is -0.502. The minimum Gasteiger partial charge on any atom is -0.462 e. The minimum atomic E-state index is -0.788. The molecule has 6 nitrogen and oxygen atoms in total. The van der Waals surface area contributed by atoms with Gasteiger partial charge in [0, 0.05) is 18.2 Å². The molecule has 0 amide bonds. The number of hydrogen-bond donors (Lipinski definition) is 0. The normalized spacial score (nSPS) is 11.1. The summed E-state index contributed by atoms with van der Waals surface area (Å²) in [6.07, 6.45) is 0.632. The fourth-order valence-electron chi connectivity index (χ4n) is 2.30. The number of ether oxygens (including phenoxy) is 3. The van der Waals surface area contributed by atoms with Gasteiger partial charge in [-0.2, -0.15) is 5.10 Å². The molecule has 2 aromatic rings. The quantitative estimate of drug-likeness (QED) is 0.496. The molecule has 0 saturated carbocycles. The highest BCUT2D eigenvalue weighted by atomic mass is 35.5. The van der Waals surface area contributed by atoms with Crippen molar-refractivity contribution in [2.45, 2.75) is 27.1 Å². The third-order valence-corrected chi connectivity index (χ3v) is 3.84. The number of rotatable bonds is 8. The number of benzene rings is 1. The maximum absolute atomic E-state index is 12.3. The molecular weight excluding hydrogens is 367 g/mol. The van der Waals surface area contributed by atoms with Crippen LogP contribution in [0.25, 0.3) is 5.69 Å². The van der Waals surface area contributed by atoms with Crippen molar-refractivity contribution in [1.29, 1.82) is 0 Å². The van der Waals surface area contributed by atoms with Gasteiger partial charge < -0.3 is 14.2 Å². The van der Waals surface area contributed by atoms with Crippen molar-refractivity contribution in [2.75, 3.05) is 19.8 Å². The monoisotopic (exact) mass is 386 g/mol. The largest absolute Gasteiger partial charge is 0.462 e. The fourth-order valence-corrected chi connectivity index (χ4v) is 2.79. The van der Waals surface area contributed by atoms with Crippen molar-refractivity contribution in [3.05, 3.63) is 45.7 Å². The highest BCUT2D eigenvalue weighted by Crippen LogP contribution is 2.30. The molecule has 0 atom stereocenters. The van der Waals surface area contributed by atoms with Gasteiger partial charge >= 0.3 is 5.97 Å². The summed E-state index contributed by atoms with van der Waals surface area (Å²) in [4.78, 5) is 12.3. The summed E-state index contributed by atoms with van der Waals surface area (Å²) >= 11 is 12.3. The molecule has 0 spiro atoms. The van der Waals surface area contributed by atoms with E-state index in [0.717, 1.165) is 0 Å². The maximum Gasteiger partial charge on any atom is 0.341 e. The van der Waals surface area contributed by atoms with Gasteiger partial charge in [0.1, 0.15) is 11.3 Å². The van der Waals surface area contributed by atoms with Gasteiger partial charge in [-0.25, -0.2) is 9.48 Å². The van der Waals surface area contributed by atoms with Crippen LogP contribution in [-0.2, 0) is 14.2 Å². The van der Waals surface area contributed by atoms with Gasteiger partial charge in [0.2, 0.25) is 6.29 Å². The minimum absolute atomic E-state index is 0.249. The van der Waals surface area contributed by atoms with Crippen LogP contribution in [0.4, 0.5) is 0 Å². The Labute approximate surface area is 156 Å². The first-order chi connectivity index (χ1) is 12.0. The molecule has 0 aliphatic heterocycles. The van der Waals surface area contributed by atoms with Gasteiger partial charge in [0.05, 0.1) is 23.5 Å². The molecule has 1 aromatic heterocycles. The van der Waals surface area contributed by atoms with Crippen molar-refractivity contribution in [3.8, 4) is 5.69 Å². The van der Waals surface area contributed by atoms with E-state index in [-0.39, 0.29) is 12.2 Å². The van der Waals surface area contributed by atoms with Crippen LogP contribution in [0.3, 0.4) is 0 Å². The molecule has 0 saturated heterocycles. The number of nitrogens with zero attached hydrogens (tertiary/aromatic N) is 2. The Balaban J connectivity index is 2.61. The van der Waals surface area contributed by atoms with Gasteiger partial charge in [-0.1, -0.05) is 23.2 Å². The predicted molar refractivity (Wildman–Crippen MR) is 95.5 cm³/mol. The zero-order chi connectivity index (χ0) is 18.4. The van der Waals surface area contributed by atoms with E-state index >= 15 is 0 Å². The summed E-state index contributed by atoms with van der Waals surface area (Å²) < 4.78 is 18.0. The van der Waals surface area contributed by atoms with Crippen LogP contribution >= 0.6 is 23.2 Å². The van der Waals surface area contributed by atoms with Gasteiger partial charge in [-0.15, -0.1) is 0 Å². The van der Waals surface area contributed by atoms with Gasteiger partial charge in [0.15, 0.2) is 0 Å². The molecule has 25 heavy (non-hydrogen) atoms. The van der Waals surface area contributed by atoms with Gasteiger partial charge in [-0.05, 0) is 39.0 Å². The maximum atomic E-state index is 12.3. The lowest BCUT2D eigenvalue weighted by molar-refractivity contribution is -0.144. The van der Waals surface area contributed by atoms with E-state index in [9.17, 15) is 4.79 Å². The van der Waals surface area contributed by atoms with Gasteiger partial charge in [0.25, 0.3) is 0 Å². The molecule has 8 heteroatoms. The van der Waals surface area contributed by atoms with Crippen LogP contribution in [0.5, 0.6) is 0 Å². The number of carbonyl (C=O) groups is 1. The number of halogens is 2. The Kier molecular flexibility index (Phi) is 7.25. The van der Waals surface area contributed by atoms with Crippen LogP contribution in [-0.4, -0.2) is 35.6 Å². The number of esters is 1. The average Bonchev–Trinajstić information content (AvgIpc) is 2.99. The summed E-state index contributed by atoms with van der Waals surface area (Å²) in [6, 6.07) is 5.00. The van der Waals surface area contributed by atoms with Crippen LogP contribution in [0.15, 0.2) is 24.4 Å². The zero-order valence-corrected chi connectivity index (χ0v) is 15.8. The lowest BCUT2D eigenvalue weighted by atomic mass is 10.2. The van der Waals surface area contributed by atoms with Crippen molar-refractivity contribution in [2.24, 2.45) is 0 Å². The molecule has 0 N–H and O–H groups in total. The number of aromatic nitrogens is 2. The lowest BCUT2D eigenvalue weighted by Gasteiger charge is -2.20. The lowest BCUT2D eigenvalue weighted by Crippen LogP contribution is -2.18. The summed E-state index contributed by atoms with van der Waals surface area (Å²) in [6.45, 7) is 6.46. The van der Waals surface area contributed by atoms with E-state index < -0.39 is 12.3 Å². The first-order valence-corrected chi connectivity index (χ1v) is 8.72. The Morgan fingerprint density at radius 3 is 2.40 bits per heavy atom. The molecule has 0 fully saturated rings. The topological polar surface area (TPSA) is 62.6 Å².